The lowest BCUT2D eigenvalue weighted by Gasteiger charge is -2.15. The van der Waals surface area contributed by atoms with E-state index in [0.717, 1.165) is 16.3 Å². The molecular formula is C16H22N4O3S2. The SMILES string of the molecule is Cc1nc(NC(=O)c2cc(C(C)C)n([C@H]3CCS(=O)(=O)C3)n2)sc1C. The highest BCUT2D eigenvalue weighted by molar-refractivity contribution is 7.91. The number of hydrogen-bond donors (Lipinski definition) is 1. The molecule has 1 aliphatic heterocycles. The Hall–Kier alpha value is -1.74. The van der Waals surface area contributed by atoms with Crippen LogP contribution in [0.5, 0.6) is 0 Å². The molecule has 7 nitrogen and oxygen atoms in total. The second kappa shape index (κ2) is 6.53. The zero-order valence-electron chi connectivity index (χ0n) is 14.7. The van der Waals surface area contributed by atoms with Crippen LogP contribution in [-0.2, 0) is 9.84 Å². The first kappa shape index (κ1) is 18.1. The van der Waals surface area contributed by atoms with Gasteiger partial charge < -0.3 is 0 Å². The Kier molecular flexibility index (Phi) is 4.72. The molecule has 0 aliphatic carbocycles. The zero-order chi connectivity index (χ0) is 18.4. The van der Waals surface area contributed by atoms with Crippen molar-refractivity contribution >= 4 is 32.2 Å². The van der Waals surface area contributed by atoms with Crippen LogP contribution in [0.1, 0.15) is 59.0 Å². The quantitative estimate of drug-likeness (QED) is 0.877. The van der Waals surface area contributed by atoms with Crippen LogP contribution in [0, 0.1) is 13.8 Å². The van der Waals surface area contributed by atoms with E-state index in [1.54, 1.807) is 10.7 Å². The number of carbonyl (C=O) groups is 1. The summed E-state index contributed by atoms with van der Waals surface area (Å²) < 4.78 is 25.3. The van der Waals surface area contributed by atoms with Crippen molar-refractivity contribution in [3.8, 4) is 0 Å². The molecule has 1 amide bonds. The number of rotatable bonds is 4. The van der Waals surface area contributed by atoms with Gasteiger partial charge in [-0.05, 0) is 32.3 Å². The molecule has 0 unspecified atom stereocenters. The Morgan fingerprint density at radius 1 is 1.40 bits per heavy atom. The monoisotopic (exact) mass is 382 g/mol. The second-order valence-electron chi connectivity index (χ2n) is 6.73. The maximum atomic E-state index is 12.5. The van der Waals surface area contributed by atoms with Gasteiger partial charge in [-0.25, -0.2) is 13.4 Å². The minimum absolute atomic E-state index is 0.0837. The number of aromatic nitrogens is 3. The summed E-state index contributed by atoms with van der Waals surface area (Å²) in [5.74, 6) is 0.0752. The Labute approximate surface area is 151 Å². The number of anilines is 1. The van der Waals surface area contributed by atoms with Crippen molar-refractivity contribution in [3.63, 3.8) is 0 Å². The van der Waals surface area contributed by atoms with E-state index in [2.05, 4.69) is 15.4 Å². The number of thiazole rings is 1. The molecule has 1 aliphatic rings. The van der Waals surface area contributed by atoms with E-state index in [1.165, 1.54) is 11.3 Å². The molecule has 9 heteroatoms. The van der Waals surface area contributed by atoms with Crippen LogP contribution >= 0.6 is 11.3 Å². The van der Waals surface area contributed by atoms with Crippen molar-refractivity contribution in [3.05, 3.63) is 28.0 Å². The fraction of sp³-hybridized carbons (Fsp3) is 0.562. The van der Waals surface area contributed by atoms with Gasteiger partial charge in [-0.3, -0.25) is 14.8 Å². The number of carbonyl (C=O) groups excluding carboxylic acids is 1. The first-order valence-electron chi connectivity index (χ1n) is 8.21. The van der Waals surface area contributed by atoms with Crippen molar-refractivity contribution in [2.45, 2.75) is 46.1 Å². The largest absolute Gasteiger partial charge is 0.296 e. The minimum atomic E-state index is -3.02. The average molecular weight is 383 g/mol. The minimum Gasteiger partial charge on any atom is -0.296 e. The van der Waals surface area contributed by atoms with Gasteiger partial charge in [-0.1, -0.05) is 13.8 Å². The highest BCUT2D eigenvalue weighted by atomic mass is 32.2. The molecule has 2 aromatic rings. The average Bonchev–Trinajstić information content (AvgIpc) is 3.17. The molecule has 1 saturated heterocycles. The van der Waals surface area contributed by atoms with E-state index in [0.29, 0.717) is 17.2 Å². The predicted octanol–water partition coefficient (Wildman–Crippen LogP) is 2.69. The third-order valence-corrected chi connectivity index (χ3v) is 7.13. The normalized spacial score (nSPS) is 19.5. The van der Waals surface area contributed by atoms with Gasteiger partial charge in [-0.2, -0.15) is 5.10 Å². The van der Waals surface area contributed by atoms with Gasteiger partial charge in [0.2, 0.25) is 0 Å². The van der Waals surface area contributed by atoms with Crippen molar-refractivity contribution < 1.29 is 13.2 Å². The summed E-state index contributed by atoms with van der Waals surface area (Å²) in [7, 11) is -3.02. The topological polar surface area (TPSA) is 94.0 Å². The van der Waals surface area contributed by atoms with E-state index in [1.807, 2.05) is 27.7 Å². The van der Waals surface area contributed by atoms with Gasteiger partial charge >= 0.3 is 0 Å². The molecule has 0 bridgehead atoms. The van der Waals surface area contributed by atoms with Gasteiger partial charge in [0, 0.05) is 10.6 Å². The van der Waals surface area contributed by atoms with E-state index >= 15 is 0 Å². The fourth-order valence-corrected chi connectivity index (χ4v) is 5.40. The molecular weight excluding hydrogens is 360 g/mol. The van der Waals surface area contributed by atoms with Crippen LogP contribution in [0.15, 0.2) is 6.07 Å². The molecule has 136 valence electrons. The number of amides is 1. The zero-order valence-corrected chi connectivity index (χ0v) is 16.4. The number of nitrogens with zero attached hydrogens (tertiary/aromatic N) is 3. The maximum Gasteiger partial charge on any atom is 0.277 e. The van der Waals surface area contributed by atoms with Crippen LogP contribution in [0.2, 0.25) is 0 Å². The van der Waals surface area contributed by atoms with Crippen molar-refractivity contribution in [2.24, 2.45) is 0 Å². The third kappa shape index (κ3) is 3.77. The summed E-state index contributed by atoms with van der Waals surface area (Å²) in [6, 6.07) is 1.55. The highest BCUT2D eigenvalue weighted by Gasteiger charge is 2.32. The highest BCUT2D eigenvalue weighted by Crippen LogP contribution is 2.28. The van der Waals surface area contributed by atoms with Crippen LogP contribution in [0.3, 0.4) is 0 Å². The van der Waals surface area contributed by atoms with Gasteiger partial charge in [0.05, 0.1) is 23.2 Å². The Morgan fingerprint density at radius 3 is 2.64 bits per heavy atom. The van der Waals surface area contributed by atoms with E-state index in [-0.39, 0.29) is 29.4 Å². The Bertz CT molecular complexity index is 892. The van der Waals surface area contributed by atoms with Crippen LogP contribution < -0.4 is 5.32 Å². The summed E-state index contributed by atoms with van der Waals surface area (Å²) >= 11 is 1.42. The standard InChI is InChI=1S/C16H22N4O3S2/c1-9(2)14-7-13(15(21)18-16-17-10(3)11(4)24-16)19-20(14)12-5-6-25(22,23)8-12/h7,9,12H,5-6,8H2,1-4H3,(H,17,18,21)/t12-/m0/s1. The first-order valence-corrected chi connectivity index (χ1v) is 10.9. The summed E-state index contributed by atoms with van der Waals surface area (Å²) in [4.78, 5) is 17.9. The maximum absolute atomic E-state index is 12.5. The number of aryl methyl sites for hydroxylation is 2. The number of sulfone groups is 1. The lowest BCUT2D eigenvalue weighted by Crippen LogP contribution is -2.17. The van der Waals surface area contributed by atoms with Crippen LogP contribution in [-0.4, -0.2) is 40.6 Å². The summed E-state index contributed by atoms with van der Waals surface area (Å²) in [5, 5.41) is 7.75. The van der Waals surface area contributed by atoms with Crippen molar-refractivity contribution in [1.29, 1.82) is 0 Å². The molecule has 3 heterocycles. The lowest BCUT2D eigenvalue weighted by atomic mass is 10.1. The Balaban J connectivity index is 1.87. The number of hydrogen-bond acceptors (Lipinski definition) is 6. The molecule has 1 N–H and O–H groups in total. The summed E-state index contributed by atoms with van der Waals surface area (Å²) in [5.41, 5.74) is 2.06. The van der Waals surface area contributed by atoms with Gasteiger partial charge in [0.25, 0.3) is 5.91 Å². The van der Waals surface area contributed by atoms with Crippen LogP contribution in [0.25, 0.3) is 0 Å². The van der Waals surface area contributed by atoms with Gasteiger partial charge in [-0.15, -0.1) is 11.3 Å². The van der Waals surface area contributed by atoms with E-state index < -0.39 is 9.84 Å². The van der Waals surface area contributed by atoms with E-state index in [4.69, 9.17) is 0 Å². The third-order valence-electron chi connectivity index (χ3n) is 4.39. The molecule has 25 heavy (non-hydrogen) atoms. The molecule has 0 radical (unpaired) electrons. The van der Waals surface area contributed by atoms with Crippen LogP contribution in [0.4, 0.5) is 5.13 Å². The molecule has 1 fully saturated rings. The molecule has 3 rings (SSSR count). The van der Waals surface area contributed by atoms with E-state index in [9.17, 15) is 13.2 Å². The number of nitrogens with one attached hydrogen (secondary N) is 1. The molecule has 0 spiro atoms. The van der Waals surface area contributed by atoms with Gasteiger partial charge in [0.15, 0.2) is 20.7 Å². The van der Waals surface area contributed by atoms with Crippen molar-refractivity contribution in [1.82, 2.24) is 14.8 Å². The summed E-state index contributed by atoms with van der Waals surface area (Å²) in [6.07, 6.45) is 0.537. The molecule has 1 atom stereocenters. The second-order valence-corrected chi connectivity index (χ2v) is 10.2. The molecule has 0 aromatic carbocycles. The fourth-order valence-electron chi connectivity index (χ4n) is 2.90. The molecule has 0 saturated carbocycles. The Morgan fingerprint density at radius 2 is 2.12 bits per heavy atom. The summed E-state index contributed by atoms with van der Waals surface area (Å²) in [6.45, 7) is 7.86. The smallest absolute Gasteiger partial charge is 0.277 e. The predicted molar refractivity (Wildman–Crippen MR) is 98.2 cm³/mol. The van der Waals surface area contributed by atoms with Crippen molar-refractivity contribution in [2.75, 3.05) is 16.8 Å². The van der Waals surface area contributed by atoms with Gasteiger partial charge in [0.1, 0.15) is 0 Å². The first-order chi connectivity index (χ1) is 11.7. The lowest BCUT2D eigenvalue weighted by molar-refractivity contribution is 0.102. The molecule has 2 aromatic heterocycles.